The second-order valence-corrected chi connectivity index (χ2v) is 6.06. The Kier molecular flexibility index (Phi) is 5.22. The van der Waals surface area contributed by atoms with Gasteiger partial charge in [0.2, 0.25) is 0 Å². The average molecular weight is 353 g/mol. The molecule has 6 nitrogen and oxygen atoms in total. The molecule has 0 saturated heterocycles. The molecule has 134 valence electrons. The fourth-order valence-corrected chi connectivity index (χ4v) is 2.78. The first kappa shape index (κ1) is 17.5. The van der Waals surface area contributed by atoms with E-state index in [-0.39, 0.29) is 6.42 Å². The monoisotopic (exact) mass is 353 g/mol. The largest absolute Gasteiger partial charge is 0.493 e. The number of hydrogen-bond donors (Lipinski definition) is 3. The normalized spacial score (nSPS) is 11.0. The number of fused-ring (bicyclic) bond motifs is 1. The molecule has 0 unspecified atom stereocenters. The molecule has 0 aliphatic rings. The molecular weight excluding hydrogens is 334 g/mol. The molecule has 0 radical (unpaired) electrons. The SMILES string of the molecule is O=C(O)C(Cc1ccc(OCCc2cc3ccccc3[nH]2)cc1)C(=O)O. The minimum Gasteiger partial charge on any atom is -0.493 e. The van der Waals surface area contributed by atoms with E-state index in [1.807, 2.05) is 18.2 Å². The highest BCUT2D eigenvalue weighted by Crippen LogP contribution is 2.18. The van der Waals surface area contributed by atoms with Gasteiger partial charge in [0.1, 0.15) is 5.75 Å². The van der Waals surface area contributed by atoms with E-state index in [0.717, 1.165) is 17.6 Å². The molecule has 3 aromatic rings. The zero-order valence-electron chi connectivity index (χ0n) is 14.0. The van der Waals surface area contributed by atoms with Crippen LogP contribution in [0, 0.1) is 5.92 Å². The number of aromatic nitrogens is 1. The molecular formula is C20H19NO5. The number of H-pyrrole nitrogens is 1. The lowest BCUT2D eigenvalue weighted by molar-refractivity contribution is -0.154. The van der Waals surface area contributed by atoms with E-state index in [4.69, 9.17) is 14.9 Å². The van der Waals surface area contributed by atoms with Crippen molar-refractivity contribution in [2.75, 3.05) is 6.61 Å². The first-order valence-electron chi connectivity index (χ1n) is 8.27. The summed E-state index contributed by atoms with van der Waals surface area (Å²) in [5.74, 6) is -3.46. The number of benzene rings is 2. The van der Waals surface area contributed by atoms with Gasteiger partial charge in [0.25, 0.3) is 0 Å². The molecule has 0 aliphatic carbocycles. The average Bonchev–Trinajstić information content (AvgIpc) is 3.03. The lowest BCUT2D eigenvalue weighted by Gasteiger charge is -2.09. The summed E-state index contributed by atoms with van der Waals surface area (Å²) in [5, 5.41) is 19.0. The minimum absolute atomic E-state index is 0.0555. The second-order valence-electron chi connectivity index (χ2n) is 6.06. The van der Waals surface area contributed by atoms with Gasteiger partial charge in [-0.2, -0.15) is 0 Å². The van der Waals surface area contributed by atoms with Crippen LogP contribution in [0.2, 0.25) is 0 Å². The summed E-state index contributed by atoms with van der Waals surface area (Å²) in [5.41, 5.74) is 2.83. The summed E-state index contributed by atoms with van der Waals surface area (Å²) in [6.45, 7) is 0.499. The van der Waals surface area contributed by atoms with Gasteiger partial charge in [-0.05, 0) is 41.6 Å². The summed E-state index contributed by atoms with van der Waals surface area (Å²) in [7, 11) is 0. The second kappa shape index (κ2) is 7.74. The summed E-state index contributed by atoms with van der Waals surface area (Å²) < 4.78 is 5.71. The molecule has 1 heterocycles. The molecule has 26 heavy (non-hydrogen) atoms. The molecule has 1 aromatic heterocycles. The summed E-state index contributed by atoms with van der Waals surface area (Å²) >= 11 is 0. The molecule has 3 N–H and O–H groups in total. The van der Waals surface area contributed by atoms with Crippen molar-refractivity contribution < 1.29 is 24.5 Å². The Balaban J connectivity index is 1.54. The third-order valence-electron chi connectivity index (χ3n) is 4.19. The lowest BCUT2D eigenvalue weighted by Crippen LogP contribution is -2.25. The van der Waals surface area contributed by atoms with Gasteiger partial charge in [-0.3, -0.25) is 9.59 Å². The molecule has 0 aliphatic heterocycles. The number of aromatic amines is 1. The van der Waals surface area contributed by atoms with Crippen molar-refractivity contribution in [3.8, 4) is 5.75 Å². The zero-order valence-corrected chi connectivity index (χ0v) is 14.0. The third kappa shape index (κ3) is 4.22. The first-order chi connectivity index (χ1) is 12.5. The van der Waals surface area contributed by atoms with Gasteiger partial charge < -0.3 is 19.9 Å². The Morgan fingerprint density at radius 3 is 2.35 bits per heavy atom. The molecule has 0 saturated carbocycles. The highest BCUT2D eigenvalue weighted by Gasteiger charge is 2.25. The van der Waals surface area contributed by atoms with Gasteiger partial charge in [0.15, 0.2) is 5.92 Å². The van der Waals surface area contributed by atoms with Crippen molar-refractivity contribution in [2.45, 2.75) is 12.8 Å². The lowest BCUT2D eigenvalue weighted by atomic mass is 10.00. The van der Waals surface area contributed by atoms with Crippen LogP contribution in [-0.4, -0.2) is 33.7 Å². The number of ether oxygens (including phenoxy) is 1. The Morgan fingerprint density at radius 1 is 1.00 bits per heavy atom. The van der Waals surface area contributed by atoms with Crippen LogP contribution in [0.15, 0.2) is 54.6 Å². The number of carboxylic acids is 2. The van der Waals surface area contributed by atoms with Crippen LogP contribution in [-0.2, 0) is 22.4 Å². The maximum absolute atomic E-state index is 10.9. The number of carbonyl (C=O) groups is 2. The maximum atomic E-state index is 10.9. The predicted molar refractivity (Wildman–Crippen MR) is 96.4 cm³/mol. The Hall–Kier alpha value is -3.28. The topological polar surface area (TPSA) is 99.6 Å². The van der Waals surface area contributed by atoms with Gasteiger partial charge in [0, 0.05) is 17.6 Å². The smallest absolute Gasteiger partial charge is 0.318 e. The molecule has 0 fully saturated rings. The molecule has 0 bridgehead atoms. The van der Waals surface area contributed by atoms with E-state index in [2.05, 4.69) is 17.1 Å². The van der Waals surface area contributed by atoms with Crippen molar-refractivity contribution in [3.05, 3.63) is 65.9 Å². The van der Waals surface area contributed by atoms with E-state index in [0.29, 0.717) is 17.9 Å². The zero-order chi connectivity index (χ0) is 18.5. The van der Waals surface area contributed by atoms with Gasteiger partial charge in [-0.1, -0.05) is 30.3 Å². The fourth-order valence-electron chi connectivity index (χ4n) is 2.78. The minimum atomic E-state index is -1.44. The van der Waals surface area contributed by atoms with Gasteiger partial charge in [-0.25, -0.2) is 0 Å². The molecule has 0 spiro atoms. The first-order valence-corrected chi connectivity index (χ1v) is 8.27. The predicted octanol–water partition coefficient (Wildman–Crippen LogP) is 3.12. The van der Waals surface area contributed by atoms with Crippen LogP contribution in [0.4, 0.5) is 0 Å². The Bertz CT molecular complexity index is 866. The van der Waals surface area contributed by atoms with E-state index in [9.17, 15) is 9.59 Å². The number of para-hydroxylation sites is 1. The number of hydrogen-bond acceptors (Lipinski definition) is 3. The molecule has 0 atom stereocenters. The highest BCUT2D eigenvalue weighted by molar-refractivity contribution is 5.93. The Labute approximate surface area is 150 Å². The third-order valence-corrected chi connectivity index (χ3v) is 4.19. The molecule has 2 aromatic carbocycles. The van der Waals surface area contributed by atoms with Crippen molar-refractivity contribution in [3.63, 3.8) is 0 Å². The van der Waals surface area contributed by atoms with Crippen LogP contribution in [0.25, 0.3) is 10.9 Å². The van der Waals surface area contributed by atoms with Gasteiger partial charge >= 0.3 is 11.9 Å². The maximum Gasteiger partial charge on any atom is 0.318 e. The summed E-state index contributed by atoms with van der Waals surface area (Å²) in [6, 6.07) is 17.0. The van der Waals surface area contributed by atoms with Gasteiger partial charge in [-0.15, -0.1) is 0 Å². The van der Waals surface area contributed by atoms with Crippen LogP contribution in [0.1, 0.15) is 11.3 Å². The van der Waals surface area contributed by atoms with Crippen molar-refractivity contribution in [1.29, 1.82) is 0 Å². The van der Waals surface area contributed by atoms with Crippen LogP contribution >= 0.6 is 0 Å². The number of rotatable bonds is 8. The van der Waals surface area contributed by atoms with Gasteiger partial charge in [0.05, 0.1) is 6.61 Å². The van der Waals surface area contributed by atoms with E-state index in [1.54, 1.807) is 24.3 Å². The summed E-state index contributed by atoms with van der Waals surface area (Å²) in [6.07, 6.45) is 0.677. The molecule has 6 heteroatoms. The quantitative estimate of drug-likeness (QED) is 0.540. The summed E-state index contributed by atoms with van der Waals surface area (Å²) in [4.78, 5) is 25.2. The number of aliphatic carboxylic acids is 2. The number of nitrogens with one attached hydrogen (secondary N) is 1. The van der Waals surface area contributed by atoms with Crippen LogP contribution in [0.3, 0.4) is 0 Å². The standard InChI is InChI=1S/C20H19NO5/c22-19(23)17(20(24)25)11-13-5-7-16(8-6-13)26-10-9-15-12-14-3-1-2-4-18(14)21-15/h1-8,12,17,21H,9-11H2,(H,22,23)(H,24,25). The fraction of sp³-hybridized carbons (Fsp3) is 0.200. The highest BCUT2D eigenvalue weighted by atomic mass is 16.5. The molecule has 3 rings (SSSR count). The molecule has 0 amide bonds. The number of carboxylic acid groups (broad SMARTS) is 2. The van der Waals surface area contributed by atoms with Crippen LogP contribution in [0.5, 0.6) is 5.75 Å². The van der Waals surface area contributed by atoms with Crippen molar-refractivity contribution in [1.82, 2.24) is 4.98 Å². The Morgan fingerprint density at radius 2 is 1.69 bits per heavy atom. The van der Waals surface area contributed by atoms with E-state index >= 15 is 0 Å². The van der Waals surface area contributed by atoms with Crippen molar-refractivity contribution in [2.24, 2.45) is 5.92 Å². The van der Waals surface area contributed by atoms with Crippen molar-refractivity contribution >= 4 is 22.8 Å². The van der Waals surface area contributed by atoms with Crippen LogP contribution < -0.4 is 4.74 Å². The van der Waals surface area contributed by atoms with E-state index in [1.165, 1.54) is 5.39 Å². The van der Waals surface area contributed by atoms with E-state index < -0.39 is 17.9 Å².